The molecular formula is C11H8ClF2N3. The van der Waals surface area contributed by atoms with Crippen LogP contribution in [0, 0.1) is 34.3 Å². The molecular weight excluding hydrogens is 248 g/mol. The summed E-state index contributed by atoms with van der Waals surface area (Å²) in [4.78, 5) is 1.03. The van der Waals surface area contributed by atoms with Gasteiger partial charge in [0.05, 0.1) is 12.1 Å². The highest BCUT2D eigenvalue weighted by Crippen LogP contribution is 2.25. The Morgan fingerprint density at radius 2 is 1.59 bits per heavy atom. The third-order valence-corrected chi connectivity index (χ3v) is 2.38. The summed E-state index contributed by atoms with van der Waals surface area (Å²) in [5, 5.41) is 17.1. The fourth-order valence-electron chi connectivity index (χ4n) is 1.38. The Balaban J connectivity index is 3.20. The van der Waals surface area contributed by atoms with Crippen LogP contribution < -0.4 is 4.90 Å². The van der Waals surface area contributed by atoms with E-state index in [9.17, 15) is 8.78 Å². The lowest BCUT2D eigenvalue weighted by Gasteiger charge is -2.19. The van der Waals surface area contributed by atoms with Gasteiger partial charge in [0.25, 0.3) is 0 Å². The molecule has 88 valence electrons. The highest BCUT2D eigenvalue weighted by Gasteiger charge is 2.17. The molecule has 0 radical (unpaired) electrons. The van der Waals surface area contributed by atoms with Crippen molar-refractivity contribution in [2.24, 2.45) is 0 Å². The van der Waals surface area contributed by atoms with Crippen molar-refractivity contribution in [1.29, 1.82) is 10.5 Å². The van der Waals surface area contributed by atoms with Crippen LogP contribution in [0.15, 0.2) is 12.1 Å². The number of anilines is 1. The Kier molecular flexibility index (Phi) is 4.68. The normalized spacial score (nSPS) is 9.47. The minimum Gasteiger partial charge on any atom is -0.340 e. The van der Waals surface area contributed by atoms with Crippen molar-refractivity contribution in [3.8, 4) is 12.1 Å². The molecule has 1 aromatic rings. The maximum Gasteiger partial charge on any atom is 0.149 e. The molecule has 0 spiro atoms. The molecule has 0 aliphatic carbocycles. The molecule has 0 atom stereocenters. The number of nitriles is 2. The fraction of sp³-hybridized carbons (Fsp3) is 0.273. The summed E-state index contributed by atoms with van der Waals surface area (Å²) in [6.45, 7) is -0.525. The number of nitrogens with zero attached hydrogens (tertiary/aromatic N) is 3. The predicted molar refractivity (Wildman–Crippen MR) is 59.4 cm³/mol. The smallest absolute Gasteiger partial charge is 0.149 e. The van der Waals surface area contributed by atoms with Crippen molar-refractivity contribution in [2.45, 2.75) is 5.88 Å². The van der Waals surface area contributed by atoms with Crippen molar-refractivity contribution < 1.29 is 8.78 Å². The summed E-state index contributed by atoms with van der Waals surface area (Å²) >= 11 is 5.47. The zero-order valence-electron chi connectivity index (χ0n) is 8.75. The number of halogens is 3. The molecule has 0 bridgehead atoms. The van der Waals surface area contributed by atoms with Crippen LogP contribution >= 0.6 is 11.6 Å². The second-order valence-electron chi connectivity index (χ2n) is 3.21. The largest absolute Gasteiger partial charge is 0.340 e. The highest BCUT2D eigenvalue weighted by atomic mass is 35.5. The van der Waals surface area contributed by atoms with E-state index in [1.54, 1.807) is 12.1 Å². The topological polar surface area (TPSA) is 50.8 Å². The quantitative estimate of drug-likeness (QED) is 0.614. The van der Waals surface area contributed by atoms with Gasteiger partial charge in [-0.15, -0.1) is 11.6 Å². The molecule has 0 amide bonds. The van der Waals surface area contributed by atoms with Gasteiger partial charge < -0.3 is 4.90 Å². The van der Waals surface area contributed by atoms with Gasteiger partial charge in [0.15, 0.2) is 0 Å². The Morgan fingerprint density at radius 3 is 1.94 bits per heavy atom. The van der Waals surface area contributed by atoms with Gasteiger partial charge >= 0.3 is 0 Å². The van der Waals surface area contributed by atoms with E-state index in [-0.39, 0.29) is 24.7 Å². The maximum absolute atomic E-state index is 13.6. The average molecular weight is 256 g/mol. The van der Waals surface area contributed by atoms with Crippen molar-refractivity contribution in [3.63, 3.8) is 0 Å². The van der Waals surface area contributed by atoms with Crippen LogP contribution in [0.4, 0.5) is 14.5 Å². The van der Waals surface area contributed by atoms with Crippen LogP contribution in [0.3, 0.4) is 0 Å². The number of hydrogen-bond acceptors (Lipinski definition) is 3. The predicted octanol–water partition coefficient (Wildman–Crippen LogP) is 2.56. The standard InChI is InChI=1S/C11H8ClF2N3/c12-7-8-5-9(13)11(10(14)6-8)17(3-1-15)4-2-16/h5-6H,3-4,7H2. The first-order chi connectivity index (χ1) is 8.13. The van der Waals surface area contributed by atoms with Crippen LogP contribution in [0.5, 0.6) is 0 Å². The monoisotopic (exact) mass is 255 g/mol. The third-order valence-electron chi connectivity index (χ3n) is 2.07. The third kappa shape index (κ3) is 3.05. The zero-order chi connectivity index (χ0) is 12.8. The summed E-state index contributed by atoms with van der Waals surface area (Å²) in [6, 6.07) is 5.68. The maximum atomic E-state index is 13.6. The van der Waals surface area contributed by atoms with Crippen LogP contribution in [-0.2, 0) is 5.88 Å². The molecule has 0 saturated carbocycles. The first kappa shape index (κ1) is 13.2. The van der Waals surface area contributed by atoms with E-state index in [1.807, 2.05) is 0 Å². The van der Waals surface area contributed by atoms with E-state index in [1.165, 1.54) is 0 Å². The van der Waals surface area contributed by atoms with Gasteiger partial charge in [0.2, 0.25) is 0 Å². The van der Waals surface area contributed by atoms with E-state index in [0.717, 1.165) is 17.0 Å². The van der Waals surface area contributed by atoms with Crippen molar-refractivity contribution in [1.82, 2.24) is 0 Å². The van der Waals surface area contributed by atoms with Crippen molar-refractivity contribution >= 4 is 17.3 Å². The summed E-state index contributed by atoms with van der Waals surface area (Å²) in [7, 11) is 0. The molecule has 0 aliphatic heterocycles. The van der Waals surface area contributed by atoms with Gasteiger partial charge in [-0.3, -0.25) is 0 Å². The molecule has 0 fully saturated rings. The Labute approximate surface area is 102 Å². The van der Waals surface area contributed by atoms with Gasteiger partial charge in [-0.05, 0) is 17.7 Å². The summed E-state index contributed by atoms with van der Waals surface area (Å²) in [5.74, 6) is -1.66. The van der Waals surface area contributed by atoms with E-state index in [2.05, 4.69) is 0 Å². The molecule has 1 aromatic carbocycles. The molecule has 0 aliphatic rings. The van der Waals surface area contributed by atoms with E-state index in [0.29, 0.717) is 5.56 Å². The van der Waals surface area contributed by atoms with Crippen LogP contribution in [0.2, 0.25) is 0 Å². The summed E-state index contributed by atoms with van der Waals surface area (Å²) in [6.07, 6.45) is 0. The molecule has 0 N–H and O–H groups in total. The molecule has 3 nitrogen and oxygen atoms in total. The Morgan fingerprint density at radius 1 is 1.12 bits per heavy atom. The minimum absolute atomic E-state index is 0.00931. The SMILES string of the molecule is N#CCN(CC#N)c1c(F)cc(CCl)cc1F. The van der Waals surface area contributed by atoms with Crippen molar-refractivity contribution in [2.75, 3.05) is 18.0 Å². The van der Waals surface area contributed by atoms with Crippen LogP contribution in [0.1, 0.15) is 5.56 Å². The number of hydrogen-bond donors (Lipinski definition) is 0. The average Bonchev–Trinajstić information content (AvgIpc) is 2.28. The molecule has 0 heterocycles. The second-order valence-corrected chi connectivity index (χ2v) is 3.48. The lowest BCUT2D eigenvalue weighted by molar-refractivity contribution is 0.576. The van der Waals surface area contributed by atoms with Gasteiger partial charge in [-0.25, -0.2) is 8.78 Å². The fourth-order valence-corrected chi connectivity index (χ4v) is 1.54. The van der Waals surface area contributed by atoms with Crippen molar-refractivity contribution in [3.05, 3.63) is 29.3 Å². The Hall–Kier alpha value is -1.85. The van der Waals surface area contributed by atoms with E-state index in [4.69, 9.17) is 22.1 Å². The van der Waals surface area contributed by atoms with Gasteiger partial charge in [0, 0.05) is 5.88 Å². The van der Waals surface area contributed by atoms with E-state index >= 15 is 0 Å². The molecule has 17 heavy (non-hydrogen) atoms. The van der Waals surface area contributed by atoms with Crippen LogP contribution in [0.25, 0.3) is 0 Å². The summed E-state index contributed by atoms with van der Waals surface area (Å²) in [5.41, 5.74) is -0.0683. The van der Waals surface area contributed by atoms with Crippen LogP contribution in [-0.4, -0.2) is 13.1 Å². The first-order valence-electron chi connectivity index (χ1n) is 4.66. The van der Waals surface area contributed by atoms with Gasteiger partial charge in [-0.2, -0.15) is 10.5 Å². The molecule has 6 heteroatoms. The number of rotatable bonds is 4. The zero-order valence-corrected chi connectivity index (χ0v) is 9.51. The number of alkyl halides is 1. The molecule has 1 rings (SSSR count). The molecule has 0 saturated heterocycles. The lowest BCUT2D eigenvalue weighted by atomic mass is 10.2. The van der Waals surface area contributed by atoms with E-state index < -0.39 is 11.6 Å². The molecule has 0 unspecified atom stereocenters. The second kappa shape index (κ2) is 6.03. The minimum atomic E-state index is -0.828. The Bertz CT molecular complexity index is 451. The summed E-state index contributed by atoms with van der Waals surface area (Å²) < 4.78 is 27.3. The van der Waals surface area contributed by atoms with Gasteiger partial charge in [-0.1, -0.05) is 0 Å². The number of benzene rings is 1. The highest BCUT2D eigenvalue weighted by molar-refractivity contribution is 6.17. The first-order valence-corrected chi connectivity index (χ1v) is 5.20. The van der Waals surface area contributed by atoms with Gasteiger partial charge in [0.1, 0.15) is 30.4 Å². The molecule has 0 aromatic heterocycles. The lowest BCUT2D eigenvalue weighted by Crippen LogP contribution is -2.26.